The van der Waals surface area contributed by atoms with E-state index in [9.17, 15) is 14.3 Å². The van der Waals surface area contributed by atoms with Crippen molar-refractivity contribution in [1.29, 1.82) is 0 Å². The molecule has 0 amide bonds. The fourth-order valence-electron chi connectivity index (χ4n) is 2.77. The van der Waals surface area contributed by atoms with Gasteiger partial charge in [0.25, 0.3) is 0 Å². The third-order valence-electron chi connectivity index (χ3n) is 3.90. The Kier molecular flexibility index (Phi) is 4.84. The molecular formula is C17H25FN2O3. The lowest BCUT2D eigenvalue weighted by molar-refractivity contribution is -0.161. The van der Waals surface area contributed by atoms with Gasteiger partial charge in [0.2, 0.25) is 0 Å². The number of carbonyl (C=O) groups excluding carboxylic acids is 1. The van der Waals surface area contributed by atoms with Crippen LogP contribution in [0, 0.1) is 5.82 Å². The number of nitrogens with zero attached hydrogens (tertiary/aromatic N) is 1. The molecular weight excluding hydrogens is 299 g/mol. The van der Waals surface area contributed by atoms with Gasteiger partial charge in [0.05, 0.1) is 17.7 Å². The maximum atomic E-state index is 14.0. The topological polar surface area (TPSA) is 75.8 Å². The van der Waals surface area contributed by atoms with Crippen molar-refractivity contribution in [2.75, 3.05) is 23.7 Å². The first kappa shape index (κ1) is 17.5. The van der Waals surface area contributed by atoms with Crippen LogP contribution in [0.3, 0.4) is 0 Å². The van der Waals surface area contributed by atoms with E-state index in [2.05, 4.69) is 0 Å². The van der Waals surface area contributed by atoms with Gasteiger partial charge in [-0.1, -0.05) is 0 Å². The first-order valence-electron chi connectivity index (χ1n) is 7.82. The molecule has 2 rings (SSSR count). The summed E-state index contributed by atoms with van der Waals surface area (Å²) in [6.07, 6.45) is 0.731. The van der Waals surface area contributed by atoms with Crippen molar-refractivity contribution in [3.05, 3.63) is 24.0 Å². The van der Waals surface area contributed by atoms with E-state index in [1.54, 1.807) is 32.9 Å². The number of nitrogens with two attached hydrogens (primary N) is 1. The minimum absolute atomic E-state index is 0.0394. The number of hydrogen-bond acceptors (Lipinski definition) is 5. The number of halogens is 1. The zero-order valence-electron chi connectivity index (χ0n) is 13.9. The molecule has 0 spiro atoms. The maximum absolute atomic E-state index is 14.0. The molecule has 0 radical (unpaired) electrons. The van der Waals surface area contributed by atoms with E-state index in [4.69, 9.17) is 10.5 Å². The summed E-state index contributed by atoms with van der Waals surface area (Å²) in [6, 6.07) is 4.58. The Morgan fingerprint density at radius 1 is 1.39 bits per heavy atom. The van der Waals surface area contributed by atoms with Crippen LogP contribution >= 0.6 is 0 Å². The predicted octanol–water partition coefficient (Wildman–Crippen LogP) is 2.47. The average Bonchev–Trinajstić information content (AvgIpc) is 2.37. The number of hydrogen-bond donors (Lipinski definition) is 2. The summed E-state index contributed by atoms with van der Waals surface area (Å²) >= 11 is 0. The highest BCUT2D eigenvalue weighted by atomic mass is 19.1. The van der Waals surface area contributed by atoms with E-state index in [-0.39, 0.29) is 12.2 Å². The van der Waals surface area contributed by atoms with Crippen LogP contribution in [-0.2, 0) is 9.53 Å². The summed E-state index contributed by atoms with van der Waals surface area (Å²) in [7, 11) is 0. The van der Waals surface area contributed by atoms with Gasteiger partial charge in [-0.15, -0.1) is 0 Å². The molecule has 1 heterocycles. The number of ether oxygens (including phenoxy) is 1. The Bertz CT molecular complexity index is 576. The molecule has 1 saturated heterocycles. The van der Waals surface area contributed by atoms with Crippen molar-refractivity contribution in [2.24, 2.45) is 0 Å². The maximum Gasteiger partial charge on any atom is 0.309 e. The largest absolute Gasteiger partial charge is 0.460 e. The van der Waals surface area contributed by atoms with E-state index in [0.29, 0.717) is 37.3 Å². The normalized spacial score (nSPS) is 17.9. The van der Waals surface area contributed by atoms with Gasteiger partial charge >= 0.3 is 5.97 Å². The Balaban J connectivity index is 1.95. The summed E-state index contributed by atoms with van der Waals surface area (Å²) in [6.45, 7) is 6.32. The second kappa shape index (κ2) is 6.35. The first-order chi connectivity index (χ1) is 10.6. The molecule has 5 nitrogen and oxygen atoms in total. The van der Waals surface area contributed by atoms with Gasteiger partial charge < -0.3 is 20.5 Å². The molecule has 0 unspecified atom stereocenters. The van der Waals surface area contributed by atoms with Gasteiger partial charge in [-0.25, -0.2) is 4.39 Å². The van der Waals surface area contributed by atoms with Crippen molar-refractivity contribution in [3.63, 3.8) is 0 Å². The molecule has 1 aromatic carbocycles. The van der Waals surface area contributed by atoms with Gasteiger partial charge in [-0.05, 0) is 51.8 Å². The molecule has 0 aliphatic carbocycles. The summed E-state index contributed by atoms with van der Waals surface area (Å²) in [5.74, 6) is -0.783. The number of rotatable bonds is 3. The van der Waals surface area contributed by atoms with E-state index in [0.717, 1.165) is 0 Å². The second-order valence-corrected chi connectivity index (χ2v) is 7.19. The third kappa shape index (κ3) is 4.82. The number of esters is 1. The Labute approximate surface area is 136 Å². The molecule has 23 heavy (non-hydrogen) atoms. The van der Waals surface area contributed by atoms with Crippen LogP contribution in [0.15, 0.2) is 18.2 Å². The Hall–Kier alpha value is -1.82. The van der Waals surface area contributed by atoms with E-state index in [1.807, 2.05) is 4.90 Å². The highest BCUT2D eigenvalue weighted by molar-refractivity contribution is 5.71. The zero-order valence-corrected chi connectivity index (χ0v) is 13.9. The smallest absolute Gasteiger partial charge is 0.309 e. The SMILES string of the molecule is CC(C)(C)OC(=O)CC1(O)CCN(c2ccc(N)cc2F)CC1. The number of aliphatic hydroxyl groups is 1. The molecule has 1 aliphatic rings. The quantitative estimate of drug-likeness (QED) is 0.660. The van der Waals surface area contributed by atoms with Crippen LogP contribution in [0.4, 0.5) is 15.8 Å². The van der Waals surface area contributed by atoms with Crippen LogP contribution < -0.4 is 10.6 Å². The molecule has 1 aromatic rings. The van der Waals surface area contributed by atoms with Crippen molar-refractivity contribution < 1.29 is 19.0 Å². The molecule has 0 bridgehead atoms. The molecule has 3 N–H and O–H groups in total. The van der Waals surface area contributed by atoms with E-state index >= 15 is 0 Å². The lowest BCUT2D eigenvalue weighted by Gasteiger charge is -2.39. The second-order valence-electron chi connectivity index (χ2n) is 7.19. The van der Waals surface area contributed by atoms with Crippen molar-refractivity contribution >= 4 is 17.3 Å². The number of benzene rings is 1. The Morgan fingerprint density at radius 2 is 2.00 bits per heavy atom. The highest BCUT2D eigenvalue weighted by Gasteiger charge is 2.36. The Morgan fingerprint density at radius 3 is 2.52 bits per heavy atom. The van der Waals surface area contributed by atoms with E-state index in [1.165, 1.54) is 6.07 Å². The molecule has 0 atom stereocenters. The van der Waals surface area contributed by atoms with Crippen LogP contribution in [-0.4, -0.2) is 35.4 Å². The standard InChI is InChI=1S/C17H25FN2O3/c1-16(2,3)23-15(21)11-17(22)6-8-20(9-7-17)14-5-4-12(19)10-13(14)18/h4-5,10,22H,6-9,11,19H2,1-3H3. The molecule has 1 aliphatic heterocycles. The van der Waals surface area contributed by atoms with Gasteiger partial charge in [-0.2, -0.15) is 0 Å². The van der Waals surface area contributed by atoms with Crippen LogP contribution in [0.25, 0.3) is 0 Å². The average molecular weight is 324 g/mol. The number of piperidine rings is 1. The molecule has 0 aromatic heterocycles. The third-order valence-corrected chi connectivity index (χ3v) is 3.90. The number of anilines is 2. The minimum Gasteiger partial charge on any atom is -0.460 e. The zero-order chi connectivity index (χ0) is 17.3. The van der Waals surface area contributed by atoms with Crippen LogP contribution in [0.5, 0.6) is 0 Å². The summed E-state index contributed by atoms with van der Waals surface area (Å²) in [5.41, 5.74) is 4.74. The summed E-state index contributed by atoms with van der Waals surface area (Å²) in [4.78, 5) is 13.8. The highest BCUT2D eigenvalue weighted by Crippen LogP contribution is 2.31. The van der Waals surface area contributed by atoms with E-state index < -0.39 is 17.2 Å². The fraction of sp³-hybridized carbons (Fsp3) is 0.588. The van der Waals surface area contributed by atoms with Gasteiger partial charge in [0, 0.05) is 18.8 Å². The lowest BCUT2D eigenvalue weighted by atomic mass is 9.88. The van der Waals surface area contributed by atoms with Gasteiger partial charge in [0.1, 0.15) is 11.4 Å². The molecule has 1 fully saturated rings. The summed E-state index contributed by atoms with van der Waals surface area (Å²) in [5, 5.41) is 10.6. The predicted molar refractivity (Wildman–Crippen MR) is 87.7 cm³/mol. The van der Waals surface area contributed by atoms with Crippen molar-refractivity contribution in [2.45, 2.75) is 51.2 Å². The number of nitrogen functional groups attached to an aromatic ring is 1. The number of carbonyl (C=O) groups is 1. The molecule has 0 saturated carbocycles. The summed E-state index contributed by atoms with van der Waals surface area (Å²) < 4.78 is 19.2. The van der Waals surface area contributed by atoms with Crippen LogP contribution in [0.2, 0.25) is 0 Å². The first-order valence-corrected chi connectivity index (χ1v) is 7.82. The fourth-order valence-corrected chi connectivity index (χ4v) is 2.77. The van der Waals surface area contributed by atoms with Gasteiger partial charge in [0.15, 0.2) is 0 Å². The molecule has 6 heteroatoms. The monoisotopic (exact) mass is 324 g/mol. The van der Waals surface area contributed by atoms with Crippen molar-refractivity contribution in [1.82, 2.24) is 0 Å². The van der Waals surface area contributed by atoms with Crippen LogP contribution in [0.1, 0.15) is 40.0 Å². The molecule has 128 valence electrons. The lowest BCUT2D eigenvalue weighted by Crippen LogP contribution is -2.46. The van der Waals surface area contributed by atoms with Crippen molar-refractivity contribution in [3.8, 4) is 0 Å². The van der Waals surface area contributed by atoms with Gasteiger partial charge in [-0.3, -0.25) is 4.79 Å². The minimum atomic E-state index is -1.09.